The predicted molar refractivity (Wildman–Crippen MR) is 118 cm³/mol. The molecule has 0 aliphatic heterocycles. The first-order valence-electron chi connectivity index (χ1n) is 6.39. The Morgan fingerprint density at radius 2 is 1.21 bits per heavy atom. The predicted octanol–water partition coefficient (Wildman–Crippen LogP) is 3.76. The maximum absolute atomic E-state index is 12.0. The van der Waals surface area contributed by atoms with E-state index in [1.54, 1.807) is 7.05 Å². The van der Waals surface area contributed by atoms with Crippen LogP contribution in [0.15, 0.2) is 0 Å². The van der Waals surface area contributed by atoms with Gasteiger partial charge in [0.15, 0.2) is 0 Å². The summed E-state index contributed by atoms with van der Waals surface area (Å²) in [7, 11) is 1.55. The zero-order valence-electron chi connectivity index (χ0n) is 13.0. The third kappa shape index (κ3) is 4.20. The number of carbonyl (C=O) groups is 4. The van der Waals surface area contributed by atoms with Gasteiger partial charge in [0.25, 0.3) is 5.24 Å². The third-order valence-electron chi connectivity index (χ3n) is 3.13. The molecular formula is C14H12ClI3N2O4. The van der Waals surface area contributed by atoms with Crippen LogP contribution in [0.5, 0.6) is 0 Å². The molecule has 0 fully saturated rings. The van der Waals surface area contributed by atoms with Gasteiger partial charge in [-0.05, 0) is 79.4 Å². The number of halogens is 4. The topological polar surface area (TPSA) is 74.8 Å². The van der Waals surface area contributed by atoms with E-state index in [0.717, 1.165) is 4.90 Å². The number of amides is 3. The van der Waals surface area contributed by atoms with E-state index in [2.05, 4.69) is 0 Å². The first-order valence-corrected chi connectivity index (χ1v) is 10.0. The van der Waals surface area contributed by atoms with E-state index in [9.17, 15) is 19.2 Å². The van der Waals surface area contributed by atoms with Crippen LogP contribution < -0.4 is 9.80 Å². The molecule has 24 heavy (non-hydrogen) atoms. The van der Waals surface area contributed by atoms with Crippen molar-refractivity contribution in [1.29, 1.82) is 0 Å². The summed E-state index contributed by atoms with van der Waals surface area (Å²) in [5.74, 6) is -1.25. The first kappa shape index (κ1) is 22.0. The summed E-state index contributed by atoms with van der Waals surface area (Å²) in [4.78, 5) is 50.0. The average molecular weight is 688 g/mol. The van der Waals surface area contributed by atoms with Crippen molar-refractivity contribution >= 4 is 114 Å². The molecule has 1 aromatic carbocycles. The van der Waals surface area contributed by atoms with Crippen molar-refractivity contribution in [3.8, 4) is 0 Å². The second-order valence-electron chi connectivity index (χ2n) is 4.74. The van der Waals surface area contributed by atoms with Gasteiger partial charge in [0.2, 0.25) is 17.7 Å². The van der Waals surface area contributed by atoms with Crippen LogP contribution >= 0.6 is 79.4 Å². The van der Waals surface area contributed by atoms with Gasteiger partial charge < -0.3 is 4.90 Å². The maximum Gasteiger partial charge on any atom is 0.254 e. The number of hydrogen-bond acceptors (Lipinski definition) is 4. The van der Waals surface area contributed by atoms with Crippen LogP contribution in [0.4, 0.5) is 11.4 Å². The number of hydrogen-bond donors (Lipinski definition) is 0. The quantitative estimate of drug-likeness (QED) is 0.359. The zero-order chi connectivity index (χ0) is 18.9. The summed E-state index contributed by atoms with van der Waals surface area (Å²) >= 11 is 11.5. The Labute approximate surface area is 185 Å². The lowest BCUT2D eigenvalue weighted by Crippen LogP contribution is -2.36. The SMILES string of the molecule is CC(=O)N(C)c1c(I)c(C(=O)Cl)c(I)c(N(C(C)=O)C(C)=O)c1I. The van der Waals surface area contributed by atoms with E-state index >= 15 is 0 Å². The molecule has 0 radical (unpaired) electrons. The van der Waals surface area contributed by atoms with E-state index in [4.69, 9.17) is 11.6 Å². The molecule has 0 spiro atoms. The van der Waals surface area contributed by atoms with Crippen molar-refractivity contribution in [2.75, 3.05) is 16.8 Å². The fourth-order valence-corrected chi connectivity index (χ4v) is 7.37. The molecule has 0 N–H and O–H groups in total. The standard InChI is InChI=1S/C14H12ClI3N2O4/c1-5(21)19(4)12-9(16)8(14(15)24)10(17)13(11(12)18)20(6(2)22)7(3)23/h1-4H3. The highest BCUT2D eigenvalue weighted by Crippen LogP contribution is 2.42. The number of anilines is 2. The highest BCUT2D eigenvalue weighted by molar-refractivity contribution is 14.1. The van der Waals surface area contributed by atoms with Crippen molar-refractivity contribution in [3.63, 3.8) is 0 Å². The number of benzene rings is 1. The Morgan fingerprint density at radius 1 is 0.792 bits per heavy atom. The third-order valence-corrected chi connectivity index (χ3v) is 6.44. The lowest BCUT2D eigenvalue weighted by molar-refractivity contribution is -0.124. The van der Waals surface area contributed by atoms with Gasteiger partial charge in [-0.15, -0.1) is 0 Å². The Morgan fingerprint density at radius 3 is 1.54 bits per heavy atom. The van der Waals surface area contributed by atoms with Crippen LogP contribution in [0.3, 0.4) is 0 Å². The molecule has 0 unspecified atom stereocenters. The second kappa shape index (κ2) is 8.58. The molecule has 1 rings (SSSR count). The summed E-state index contributed by atoms with van der Waals surface area (Å²) in [5, 5.41) is -0.730. The fourth-order valence-electron chi connectivity index (χ4n) is 2.00. The minimum absolute atomic E-state index is 0.156. The highest BCUT2D eigenvalue weighted by Gasteiger charge is 2.31. The van der Waals surface area contributed by atoms with Gasteiger partial charge in [0.1, 0.15) is 0 Å². The largest absolute Gasteiger partial charge is 0.314 e. The smallest absolute Gasteiger partial charge is 0.254 e. The van der Waals surface area contributed by atoms with Crippen molar-refractivity contribution < 1.29 is 19.2 Å². The summed E-state index contributed by atoms with van der Waals surface area (Å²) in [6, 6.07) is 0. The molecule has 0 aliphatic carbocycles. The lowest BCUT2D eigenvalue weighted by Gasteiger charge is -2.27. The van der Waals surface area contributed by atoms with Crippen LogP contribution in [-0.2, 0) is 14.4 Å². The Bertz CT molecular complexity index is 753. The van der Waals surface area contributed by atoms with Gasteiger partial charge in [0.05, 0.1) is 27.6 Å². The molecule has 0 bridgehead atoms. The molecule has 0 aromatic heterocycles. The van der Waals surface area contributed by atoms with Gasteiger partial charge in [-0.25, -0.2) is 4.90 Å². The van der Waals surface area contributed by atoms with Gasteiger partial charge >= 0.3 is 0 Å². The molecule has 0 aliphatic rings. The molecule has 0 heterocycles. The normalized spacial score (nSPS) is 10.3. The molecule has 0 saturated carbocycles. The molecule has 10 heteroatoms. The Kier molecular flexibility index (Phi) is 7.87. The molecule has 6 nitrogen and oxygen atoms in total. The summed E-state index contributed by atoms with van der Waals surface area (Å²) in [6.07, 6.45) is 0. The van der Waals surface area contributed by atoms with Crippen LogP contribution in [-0.4, -0.2) is 30.0 Å². The summed E-state index contributed by atoms with van der Waals surface area (Å²) in [6.45, 7) is 3.88. The monoisotopic (exact) mass is 688 g/mol. The van der Waals surface area contributed by atoms with Crippen LogP contribution in [0.1, 0.15) is 31.1 Å². The molecule has 130 valence electrons. The van der Waals surface area contributed by atoms with E-state index in [1.807, 2.05) is 67.8 Å². The summed E-state index contributed by atoms with van der Waals surface area (Å²) in [5.41, 5.74) is 0.836. The van der Waals surface area contributed by atoms with Gasteiger partial charge in [-0.1, -0.05) is 0 Å². The molecule has 3 amide bonds. The fraction of sp³-hybridized carbons (Fsp3) is 0.286. The second-order valence-corrected chi connectivity index (χ2v) is 8.32. The van der Waals surface area contributed by atoms with Gasteiger partial charge in [-0.3, -0.25) is 19.2 Å². The average Bonchev–Trinajstić information content (AvgIpc) is 2.41. The number of imide groups is 1. The van der Waals surface area contributed by atoms with Crippen molar-refractivity contribution in [2.45, 2.75) is 20.8 Å². The number of carbonyl (C=O) groups excluding carboxylic acids is 4. The minimum atomic E-state index is -0.730. The number of nitrogens with zero attached hydrogens (tertiary/aromatic N) is 2. The van der Waals surface area contributed by atoms with Crippen LogP contribution in [0, 0.1) is 10.7 Å². The Balaban J connectivity index is 4.03. The van der Waals surface area contributed by atoms with Crippen LogP contribution in [0.25, 0.3) is 0 Å². The molecule has 0 saturated heterocycles. The van der Waals surface area contributed by atoms with E-state index < -0.39 is 17.1 Å². The van der Waals surface area contributed by atoms with Crippen molar-refractivity contribution in [1.82, 2.24) is 0 Å². The van der Waals surface area contributed by atoms with Gasteiger partial charge in [-0.2, -0.15) is 0 Å². The van der Waals surface area contributed by atoms with E-state index in [-0.39, 0.29) is 17.2 Å². The molecule has 1 aromatic rings. The number of rotatable bonds is 3. The summed E-state index contributed by atoms with van der Waals surface area (Å²) < 4.78 is 1.37. The van der Waals surface area contributed by atoms with Crippen LogP contribution in [0.2, 0.25) is 0 Å². The maximum atomic E-state index is 12.0. The molecular weight excluding hydrogens is 676 g/mol. The first-order chi connectivity index (χ1) is 10.9. The van der Waals surface area contributed by atoms with Gasteiger partial charge in [0, 0.05) is 27.8 Å². The van der Waals surface area contributed by atoms with E-state index in [0.29, 0.717) is 16.4 Å². The van der Waals surface area contributed by atoms with Crippen molar-refractivity contribution in [2.24, 2.45) is 0 Å². The molecule has 0 atom stereocenters. The Hall–Kier alpha value is -0.0200. The van der Waals surface area contributed by atoms with Crippen molar-refractivity contribution in [3.05, 3.63) is 16.3 Å². The lowest BCUT2D eigenvalue weighted by atomic mass is 10.1. The van der Waals surface area contributed by atoms with E-state index in [1.165, 1.54) is 25.7 Å². The zero-order valence-corrected chi connectivity index (χ0v) is 20.3. The minimum Gasteiger partial charge on any atom is -0.314 e. The highest BCUT2D eigenvalue weighted by atomic mass is 127.